The first-order valence-corrected chi connectivity index (χ1v) is 10.2. The van der Waals surface area contributed by atoms with Gasteiger partial charge < -0.3 is 9.80 Å². The second-order valence-electron chi connectivity index (χ2n) is 7.45. The Morgan fingerprint density at radius 1 is 1.14 bits per heavy atom. The Morgan fingerprint density at radius 3 is 2.59 bits per heavy atom. The van der Waals surface area contributed by atoms with Crippen molar-refractivity contribution in [3.63, 3.8) is 0 Å². The van der Waals surface area contributed by atoms with Gasteiger partial charge in [0.2, 0.25) is 11.8 Å². The third kappa shape index (κ3) is 4.65. The minimum Gasteiger partial charge on any atom is -0.313 e. The lowest BCUT2D eigenvalue weighted by molar-refractivity contribution is -0.119. The van der Waals surface area contributed by atoms with Gasteiger partial charge in [0.05, 0.1) is 23.0 Å². The van der Waals surface area contributed by atoms with Gasteiger partial charge >= 0.3 is 0 Å². The molecule has 0 saturated carbocycles. The van der Waals surface area contributed by atoms with Gasteiger partial charge in [-0.1, -0.05) is 31.2 Å². The Labute approximate surface area is 172 Å². The Kier molecular flexibility index (Phi) is 6.66. The van der Waals surface area contributed by atoms with Crippen LogP contribution in [0.2, 0.25) is 0 Å². The van der Waals surface area contributed by atoms with Crippen LogP contribution < -0.4 is 9.80 Å². The highest BCUT2D eigenvalue weighted by Gasteiger charge is 2.27. The van der Waals surface area contributed by atoms with Crippen LogP contribution in [-0.2, 0) is 22.4 Å². The van der Waals surface area contributed by atoms with Crippen LogP contribution in [-0.4, -0.2) is 25.4 Å². The largest absolute Gasteiger partial charge is 0.313 e. The van der Waals surface area contributed by atoms with Crippen molar-refractivity contribution in [3.8, 4) is 6.07 Å². The molecule has 0 aromatic heterocycles. The molecule has 150 valence electrons. The van der Waals surface area contributed by atoms with Crippen LogP contribution in [0.25, 0.3) is 0 Å². The maximum absolute atomic E-state index is 13.1. The summed E-state index contributed by atoms with van der Waals surface area (Å²) in [5.74, 6) is 0.135. The molecule has 0 unspecified atom stereocenters. The molecule has 29 heavy (non-hydrogen) atoms. The van der Waals surface area contributed by atoms with Gasteiger partial charge in [-0.15, -0.1) is 0 Å². The molecule has 2 amide bonds. The normalized spacial score (nSPS) is 12.8. The second-order valence-corrected chi connectivity index (χ2v) is 7.45. The summed E-state index contributed by atoms with van der Waals surface area (Å²) in [6.45, 7) is 2.66. The summed E-state index contributed by atoms with van der Waals surface area (Å²) in [4.78, 5) is 29.1. The van der Waals surface area contributed by atoms with Gasteiger partial charge in [0.15, 0.2) is 0 Å². The fraction of sp³-hybridized carbons (Fsp3) is 0.375. The van der Waals surface area contributed by atoms with Crippen LogP contribution in [0, 0.1) is 11.3 Å². The highest BCUT2D eigenvalue weighted by atomic mass is 16.2. The number of carbonyl (C=O) groups excluding carboxylic acids is 2. The number of carbonyl (C=O) groups is 2. The maximum Gasteiger partial charge on any atom is 0.227 e. The monoisotopic (exact) mass is 389 g/mol. The van der Waals surface area contributed by atoms with Crippen molar-refractivity contribution in [3.05, 3.63) is 59.2 Å². The van der Waals surface area contributed by atoms with E-state index in [1.165, 1.54) is 0 Å². The van der Waals surface area contributed by atoms with E-state index in [4.69, 9.17) is 5.26 Å². The van der Waals surface area contributed by atoms with E-state index in [2.05, 4.69) is 12.1 Å². The summed E-state index contributed by atoms with van der Waals surface area (Å²) < 4.78 is 0. The van der Waals surface area contributed by atoms with E-state index >= 15 is 0 Å². The zero-order valence-electron chi connectivity index (χ0n) is 17.1. The SMILES string of the molecule is CCCC(=O)N(C)c1cccc2c1N(C(=O)CCc1ccc(C#N)cc1)CCC2. The average Bonchev–Trinajstić information content (AvgIpc) is 2.76. The van der Waals surface area contributed by atoms with E-state index in [0.717, 1.165) is 41.8 Å². The summed E-state index contributed by atoms with van der Waals surface area (Å²) in [6, 6.07) is 15.4. The third-order valence-corrected chi connectivity index (χ3v) is 5.41. The summed E-state index contributed by atoms with van der Waals surface area (Å²) in [5, 5.41) is 8.91. The summed E-state index contributed by atoms with van der Waals surface area (Å²) in [6.07, 6.45) is 4.15. The molecule has 0 atom stereocenters. The first kappa shape index (κ1) is 20.6. The Morgan fingerprint density at radius 2 is 1.90 bits per heavy atom. The minimum absolute atomic E-state index is 0.0662. The lowest BCUT2D eigenvalue weighted by Gasteiger charge is -2.34. The number of nitrogens with zero attached hydrogens (tertiary/aromatic N) is 3. The van der Waals surface area contributed by atoms with Gasteiger partial charge in [0, 0.05) is 26.4 Å². The molecule has 0 bridgehead atoms. The van der Waals surface area contributed by atoms with Crippen molar-refractivity contribution in [1.82, 2.24) is 0 Å². The number of para-hydroxylation sites is 1. The van der Waals surface area contributed by atoms with Crippen molar-refractivity contribution >= 4 is 23.2 Å². The van der Waals surface area contributed by atoms with Crippen LogP contribution in [0.3, 0.4) is 0 Å². The molecule has 0 saturated heterocycles. The highest BCUT2D eigenvalue weighted by molar-refractivity contribution is 6.03. The van der Waals surface area contributed by atoms with Crippen LogP contribution >= 0.6 is 0 Å². The number of aryl methyl sites for hydroxylation is 2. The molecule has 3 rings (SSSR count). The molecule has 5 heteroatoms. The number of fused-ring (bicyclic) bond motifs is 1. The number of amides is 2. The third-order valence-electron chi connectivity index (χ3n) is 5.41. The fourth-order valence-corrected chi connectivity index (χ4v) is 3.80. The number of benzene rings is 2. The van der Waals surface area contributed by atoms with Gasteiger partial charge in [-0.2, -0.15) is 5.26 Å². The van der Waals surface area contributed by atoms with Gasteiger partial charge in [-0.05, 0) is 55.0 Å². The maximum atomic E-state index is 13.1. The molecule has 1 aliphatic rings. The van der Waals surface area contributed by atoms with E-state index in [1.54, 1.807) is 24.1 Å². The Balaban J connectivity index is 1.80. The zero-order valence-corrected chi connectivity index (χ0v) is 17.1. The van der Waals surface area contributed by atoms with Crippen molar-refractivity contribution in [2.45, 2.75) is 45.4 Å². The molecular formula is C24H27N3O2. The standard InChI is InChI=1S/C24H27N3O2/c1-3-6-22(28)26(2)21-9-4-7-20-8-5-16-27(24(20)21)23(29)15-14-18-10-12-19(17-25)13-11-18/h4,7,9-13H,3,5-6,8,14-16H2,1-2H3. The molecule has 0 radical (unpaired) electrons. The predicted molar refractivity (Wildman–Crippen MR) is 115 cm³/mol. The average molecular weight is 389 g/mol. The van der Waals surface area contributed by atoms with Gasteiger partial charge in [0.25, 0.3) is 0 Å². The molecule has 1 aliphatic heterocycles. The zero-order chi connectivity index (χ0) is 20.8. The van der Waals surface area contributed by atoms with Gasteiger partial charge in [-0.3, -0.25) is 9.59 Å². The number of anilines is 2. The van der Waals surface area contributed by atoms with Crippen LogP contribution in [0.4, 0.5) is 11.4 Å². The quantitative estimate of drug-likeness (QED) is 0.742. The Bertz CT molecular complexity index is 928. The van der Waals surface area contributed by atoms with E-state index in [-0.39, 0.29) is 11.8 Å². The molecule has 0 N–H and O–H groups in total. The molecule has 0 fully saturated rings. The molecule has 0 spiro atoms. The topological polar surface area (TPSA) is 64.4 Å². The highest BCUT2D eigenvalue weighted by Crippen LogP contribution is 2.37. The van der Waals surface area contributed by atoms with Crippen LogP contribution in [0.5, 0.6) is 0 Å². The van der Waals surface area contributed by atoms with Crippen molar-refractivity contribution in [1.29, 1.82) is 5.26 Å². The summed E-state index contributed by atoms with van der Waals surface area (Å²) in [7, 11) is 1.79. The Hall–Kier alpha value is -3.13. The van der Waals surface area contributed by atoms with E-state index in [9.17, 15) is 9.59 Å². The molecule has 2 aromatic carbocycles. The van der Waals surface area contributed by atoms with E-state index < -0.39 is 0 Å². The van der Waals surface area contributed by atoms with Gasteiger partial charge in [-0.25, -0.2) is 0 Å². The predicted octanol–water partition coefficient (Wildman–Crippen LogP) is 4.23. The van der Waals surface area contributed by atoms with Crippen molar-refractivity contribution in [2.24, 2.45) is 0 Å². The number of hydrogen-bond acceptors (Lipinski definition) is 3. The van der Waals surface area contributed by atoms with E-state index in [1.807, 2.05) is 36.1 Å². The minimum atomic E-state index is 0.0662. The number of nitriles is 1. The summed E-state index contributed by atoms with van der Waals surface area (Å²) >= 11 is 0. The number of rotatable bonds is 6. The lowest BCUT2D eigenvalue weighted by atomic mass is 9.98. The lowest BCUT2D eigenvalue weighted by Crippen LogP contribution is -2.38. The molecule has 1 heterocycles. The van der Waals surface area contributed by atoms with Crippen LogP contribution in [0.1, 0.15) is 49.3 Å². The van der Waals surface area contributed by atoms with Gasteiger partial charge in [0.1, 0.15) is 0 Å². The second kappa shape index (κ2) is 9.38. The smallest absolute Gasteiger partial charge is 0.227 e. The molecular weight excluding hydrogens is 362 g/mol. The molecule has 5 nitrogen and oxygen atoms in total. The first-order valence-electron chi connectivity index (χ1n) is 10.2. The van der Waals surface area contributed by atoms with Crippen LogP contribution in [0.15, 0.2) is 42.5 Å². The fourth-order valence-electron chi connectivity index (χ4n) is 3.80. The number of hydrogen-bond donors (Lipinski definition) is 0. The molecule has 0 aliphatic carbocycles. The first-order chi connectivity index (χ1) is 14.0. The summed E-state index contributed by atoms with van der Waals surface area (Å²) in [5.41, 5.74) is 4.48. The van der Waals surface area contributed by atoms with E-state index in [0.29, 0.717) is 31.4 Å². The molecule has 2 aromatic rings. The van der Waals surface area contributed by atoms with Crippen molar-refractivity contribution < 1.29 is 9.59 Å². The van der Waals surface area contributed by atoms with Crippen molar-refractivity contribution in [2.75, 3.05) is 23.4 Å².